The van der Waals surface area contributed by atoms with Gasteiger partial charge in [0.2, 0.25) is 0 Å². The molecule has 238 valence electrons. The predicted octanol–water partition coefficient (Wildman–Crippen LogP) is 11.6. The van der Waals surface area contributed by atoms with Crippen LogP contribution >= 0.6 is 7.92 Å². The second-order valence-electron chi connectivity index (χ2n) is 13.3. The largest absolute Gasteiger partial charge is 2.00 e. The van der Waals surface area contributed by atoms with E-state index >= 15 is 0 Å². The van der Waals surface area contributed by atoms with Gasteiger partial charge in [0.05, 0.1) is 6.04 Å². The molecule has 2 unspecified atom stereocenters. The third-order valence-electron chi connectivity index (χ3n) is 10.7. The molecular weight excluding hydrogens is 583 g/mol. The molecule has 0 aromatic heterocycles. The maximum Gasteiger partial charge on any atom is 2.00 e. The maximum atomic E-state index is 5.54. The van der Waals surface area contributed by atoms with Crippen molar-refractivity contribution in [3.8, 4) is 0 Å². The van der Waals surface area contributed by atoms with Crippen molar-refractivity contribution in [2.45, 2.75) is 145 Å². The number of hydrogen-bond acceptors (Lipinski definition) is 2. The monoisotopic (exact) mass is 642 g/mol. The van der Waals surface area contributed by atoms with Crippen LogP contribution in [0.4, 0.5) is 0 Å². The average Bonchev–Trinajstić information content (AvgIpc) is 3.83. The summed E-state index contributed by atoms with van der Waals surface area (Å²) in [5, 5.41) is 4.05. The fourth-order valence-electron chi connectivity index (χ4n) is 8.64. The summed E-state index contributed by atoms with van der Waals surface area (Å²) < 4.78 is 0. The van der Waals surface area contributed by atoms with Gasteiger partial charge >= 0.3 is 17.1 Å². The van der Waals surface area contributed by atoms with E-state index in [1.54, 1.807) is 0 Å². The Morgan fingerprint density at radius 1 is 0.535 bits per heavy atom. The predicted molar refractivity (Wildman–Crippen MR) is 187 cm³/mol. The number of benzene rings is 2. The summed E-state index contributed by atoms with van der Waals surface area (Å²) in [6.07, 6.45) is 26.7. The van der Waals surface area contributed by atoms with Crippen molar-refractivity contribution in [2.24, 2.45) is 10.9 Å². The van der Waals surface area contributed by atoms with Gasteiger partial charge < -0.3 is 20.2 Å². The smallest absolute Gasteiger partial charge is 0.364 e. The van der Waals surface area contributed by atoms with Gasteiger partial charge in [0.1, 0.15) is 11.9 Å². The van der Waals surface area contributed by atoms with Gasteiger partial charge in [-0.3, -0.25) is 4.99 Å². The van der Waals surface area contributed by atoms with E-state index in [1.165, 1.54) is 133 Å². The van der Waals surface area contributed by atoms with Crippen molar-refractivity contribution in [3.63, 3.8) is 0 Å². The summed E-state index contributed by atoms with van der Waals surface area (Å²) in [4.78, 5) is 5.54. The molecule has 4 heteroatoms. The minimum Gasteiger partial charge on any atom is -0.364 e. The van der Waals surface area contributed by atoms with Gasteiger partial charge in [-0.05, 0) is 66.6 Å². The fraction of sp³-hybridized carbons (Fsp3) is 0.615. The molecule has 0 spiro atoms. The van der Waals surface area contributed by atoms with Crippen LogP contribution in [0.1, 0.15) is 139 Å². The van der Waals surface area contributed by atoms with Crippen LogP contribution < -0.4 is 5.32 Å². The normalized spacial score (nSPS) is 27.5. The summed E-state index contributed by atoms with van der Waals surface area (Å²) in [5.41, 5.74) is 5.68. The van der Waals surface area contributed by atoms with E-state index in [9.17, 15) is 0 Å². The summed E-state index contributed by atoms with van der Waals surface area (Å²) in [5.74, 6) is 2.01. The second kappa shape index (κ2) is 18.7. The van der Waals surface area contributed by atoms with Crippen molar-refractivity contribution < 1.29 is 17.1 Å². The standard InChI is InChI=1S/C32H43N2P.C5H10.2CH3.Fe/c1-5-14-24(15-6-1)30-31(25-16-7-2-8-17-25)34-32(33-30)28-22-13-23-29(28)35(26-18-9-3-10-19-26)27-20-11-4-12-21-27;1-2-4-5-3-1;;;/h1-2,5-8,14-17,26-31H,3-4,9-13,18-23H2,(H,33,34);1-5H2;2*1H3;/q;;2*-1;+2/t28?,29?,30-,31-;;;;/m1..../s1. The Morgan fingerprint density at radius 2 is 1.00 bits per heavy atom. The van der Waals surface area contributed by atoms with Crippen LogP contribution in [-0.2, 0) is 17.1 Å². The molecule has 2 aromatic rings. The van der Waals surface area contributed by atoms with Crippen LogP contribution in [-0.4, -0.2) is 22.8 Å². The molecule has 1 heterocycles. The summed E-state index contributed by atoms with van der Waals surface area (Å²) in [7, 11) is 0.0886. The number of hydrogen-bond donors (Lipinski definition) is 1. The van der Waals surface area contributed by atoms with Crippen molar-refractivity contribution in [3.05, 3.63) is 86.6 Å². The minimum absolute atomic E-state index is 0. The summed E-state index contributed by atoms with van der Waals surface area (Å²) >= 11 is 0. The number of amidine groups is 1. The zero-order chi connectivity index (χ0) is 27.0. The van der Waals surface area contributed by atoms with Gasteiger partial charge in [-0.1, -0.05) is 146 Å². The molecule has 0 saturated heterocycles. The van der Waals surface area contributed by atoms with Crippen molar-refractivity contribution in [1.29, 1.82) is 0 Å². The molecule has 1 N–H and O–H groups in total. The topological polar surface area (TPSA) is 24.4 Å². The Hall–Kier alpha value is -1.14. The molecule has 0 amide bonds. The first kappa shape index (κ1) is 36.3. The molecule has 0 radical (unpaired) electrons. The van der Waals surface area contributed by atoms with Gasteiger partial charge in [-0.15, -0.1) is 0 Å². The second-order valence-corrected chi connectivity index (χ2v) is 16.3. The van der Waals surface area contributed by atoms with E-state index in [2.05, 4.69) is 66.0 Å². The van der Waals surface area contributed by atoms with Crippen LogP contribution in [0.5, 0.6) is 0 Å². The van der Waals surface area contributed by atoms with Gasteiger partial charge in [-0.25, -0.2) is 0 Å². The molecule has 4 aliphatic carbocycles. The Bertz CT molecular complexity index is 1020. The summed E-state index contributed by atoms with van der Waals surface area (Å²) in [6.45, 7) is 0. The molecule has 4 saturated carbocycles. The Balaban J connectivity index is 0.000000577. The Morgan fingerprint density at radius 3 is 1.51 bits per heavy atom. The minimum atomic E-state index is 0. The van der Waals surface area contributed by atoms with Crippen molar-refractivity contribution >= 4 is 13.8 Å². The molecule has 2 nitrogen and oxygen atoms in total. The van der Waals surface area contributed by atoms with Crippen LogP contribution in [0.2, 0.25) is 0 Å². The van der Waals surface area contributed by atoms with E-state index in [4.69, 9.17) is 4.99 Å². The van der Waals surface area contributed by atoms with E-state index in [0.29, 0.717) is 5.92 Å². The zero-order valence-corrected chi connectivity index (χ0v) is 29.2. The first-order valence-corrected chi connectivity index (χ1v) is 18.6. The molecule has 1 aliphatic heterocycles. The van der Waals surface area contributed by atoms with Crippen LogP contribution in [0.3, 0.4) is 0 Å². The molecule has 4 atom stereocenters. The maximum absolute atomic E-state index is 5.54. The fourth-order valence-corrected chi connectivity index (χ4v) is 13.4. The quantitative estimate of drug-likeness (QED) is 0.189. The third-order valence-corrected chi connectivity index (χ3v) is 14.8. The van der Waals surface area contributed by atoms with E-state index in [1.807, 2.05) is 0 Å². The molecular formula is C39H59FeN2P. The van der Waals surface area contributed by atoms with Crippen LogP contribution in [0.15, 0.2) is 65.7 Å². The molecule has 2 aromatic carbocycles. The van der Waals surface area contributed by atoms with Crippen molar-refractivity contribution in [1.82, 2.24) is 5.32 Å². The van der Waals surface area contributed by atoms with Crippen LogP contribution in [0, 0.1) is 20.8 Å². The van der Waals surface area contributed by atoms with E-state index in [0.717, 1.165) is 17.0 Å². The Labute approximate surface area is 277 Å². The molecule has 7 rings (SSSR count). The molecule has 0 bridgehead atoms. The average molecular weight is 643 g/mol. The van der Waals surface area contributed by atoms with E-state index < -0.39 is 0 Å². The zero-order valence-electron chi connectivity index (χ0n) is 27.2. The summed E-state index contributed by atoms with van der Waals surface area (Å²) in [6, 6.07) is 22.5. The third kappa shape index (κ3) is 9.21. The molecule has 4 fully saturated rings. The number of nitrogens with zero attached hydrogens (tertiary/aromatic N) is 1. The van der Waals surface area contributed by atoms with Crippen LogP contribution in [0.25, 0.3) is 0 Å². The van der Waals surface area contributed by atoms with Gasteiger partial charge in [-0.2, -0.15) is 0 Å². The number of rotatable bonds is 6. The first-order valence-electron chi connectivity index (χ1n) is 17.1. The van der Waals surface area contributed by atoms with E-state index in [-0.39, 0.29) is 51.9 Å². The Kier molecular flexibility index (Phi) is 15.8. The SMILES string of the molecule is C1CCCC1.[CH3-].[CH3-].[Fe+2].c1ccc([C@H]2N=C(C3CCCC3P(C3CCCCC3)C3CCCCC3)N[C@@H]2c2ccccc2)cc1. The van der Waals surface area contributed by atoms with Gasteiger partial charge in [0.25, 0.3) is 0 Å². The molecule has 43 heavy (non-hydrogen) atoms. The van der Waals surface area contributed by atoms with Gasteiger partial charge in [0, 0.05) is 5.92 Å². The first-order chi connectivity index (χ1) is 19.9. The van der Waals surface area contributed by atoms with Crippen molar-refractivity contribution in [2.75, 3.05) is 0 Å². The molecule has 5 aliphatic rings. The van der Waals surface area contributed by atoms with Gasteiger partial charge in [0.15, 0.2) is 0 Å². The number of nitrogens with one attached hydrogen (secondary N) is 1. The number of aliphatic imine (C=N–C) groups is 1.